The summed E-state index contributed by atoms with van der Waals surface area (Å²) in [4.78, 5) is 17.5. The summed E-state index contributed by atoms with van der Waals surface area (Å²) in [5.41, 5.74) is 0.821. The zero-order chi connectivity index (χ0) is 23.7. The molecule has 6 rings (SSSR count). The van der Waals surface area contributed by atoms with Crippen LogP contribution >= 0.6 is 0 Å². The third-order valence-corrected chi connectivity index (χ3v) is 9.61. The highest BCUT2D eigenvalue weighted by Gasteiger charge is 2.72. The minimum absolute atomic E-state index is 0.0722. The summed E-state index contributed by atoms with van der Waals surface area (Å²) < 4.78 is 24.4. The Morgan fingerprint density at radius 1 is 1.18 bits per heavy atom. The SMILES string of the molecule is CO[C@H]1C([C@@]2(C)O[C@@H]2CC=C(C)C)[C@]2(CC[C@H]1OC(=O)N1CC(CCN3CC4CC4C3)C1)CO2. The molecule has 34 heavy (non-hydrogen) atoms. The standard InChI is InChI=1S/C27H42N2O5/c1-17(2)5-6-22-26(3,34-22)24-23(31-4)21(7-9-27(24)16-32-27)33-25(30)29-12-18(13-29)8-10-28-14-19-11-20(19)15-28/h5,18-24H,6-16H2,1-4H3/t19?,20?,21-,22-,23-,24?,26+,27+/m1/s1. The van der Waals surface area contributed by atoms with E-state index in [2.05, 4.69) is 31.7 Å². The quantitative estimate of drug-likeness (QED) is 0.396. The molecule has 0 aromatic carbocycles. The molecule has 0 N–H and O–H groups in total. The lowest BCUT2D eigenvalue weighted by Crippen LogP contribution is -2.57. The van der Waals surface area contributed by atoms with Gasteiger partial charge in [-0.3, -0.25) is 0 Å². The number of amides is 1. The number of nitrogens with zero attached hydrogens (tertiary/aromatic N) is 2. The Morgan fingerprint density at radius 3 is 2.56 bits per heavy atom. The first kappa shape index (κ1) is 23.3. The van der Waals surface area contributed by atoms with Gasteiger partial charge in [0.2, 0.25) is 0 Å². The number of rotatable bonds is 8. The Bertz CT molecular complexity index is 823. The molecule has 6 aliphatic rings. The van der Waals surface area contributed by atoms with Crippen molar-refractivity contribution in [2.75, 3.05) is 46.4 Å². The lowest BCUT2D eigenvalue weighted by atomic mass is 9.68. The Hall–Kier alpha value is -1.15. The van der Waals surface area contributed by atoms with Crippen LogP contribution in [0.5, 0.6) is 0 Å². The second kappa shape index (κ2) is 8.46. The molecule has 4 saturated heterocycles. The highest BCUT2D eigenvalue weighted by Crippen LogP contribution is 2.59. The maximum Gasteiger partial charge on any atom is 0.410 e. The van der Waals surface area contributed by atoms with Gasteiger partial charge < -0.3 is 28.7 Å². The zero-order valence-electron chi connectivity index (χ0n) is 21.3. The van der Waals surface area contributed by atoms with E-state index in [1.807, 2.05) is 4.90 Å². The minimum Gasteiger partial charge on any atom is -0.443 e. The number of carbonyl (C=O) groups excluding carboxylic acids is 1. The summed E-state index contributed by atoms with van der Waals surface area (Å²) in [6.07, 6.45) is 6.99. The molecule has 190 valence electrons. The van der Waals surface area contributed by atoms with Gasteiger partial charge >= 0.3 is 6.09 Å². The summed E-state index contributed by atoms with van der Waals surface area (Å²) in [7, 11) is 1.73. The highest BCUT2D eigenvalue weighted by molar-refractivity contribution is 5.69. The molecule has 7 nitrogen and oxygen atoms in total. The number of methoxy groups -OCH3 is 1. The number of allylic oxidation sites excluding steroid dienone is 1. The van der Waals surface area contributed by atoms with Crippen LogP contribution in [-0.2, 0) is 18.9 Å². The summed E-state index contributed by atoms with van der Waals surface area (Å²) in [6, 6.07) is 0. The van der Waals surface area contributed by atoms with Gasteiger partial charge in [-0.1, -0.05) is 11.6 Å². The molecule has 2 aliphatic carbocycles. The molecule has 4 aliphatic heterocycles. The fourth-order valence-corrected chi connectivity index (χ4v) is 7.22. The van der Waals surface area contributed by atoms with Crippen LogP contribution in [0.15, 0.2) is 11.6 Å². The van der Waals surface area contributed by atoms with Crippen molar-refractivity contribution in [3.8, 4) is 0 Å². The van der Waals surface area contributed by atoms with E-state index in [4.69, 9.17) is 18.9 Å². The first-order valence-corrected chi connectivity index (χ1v) is 13.5. The molecule has 0 radical (unpaired) electrons. The van der Waals surface area contributed by atoms with Crippen LogP contribution < -0.4 is 0 Å². The lowest BCUT2D eigenvalue weighted by Gasteiger charge is -2.44. The Morgan fingerprint density at radius 2 is 1.91 bits per heavy atom. The predicted molar refractivity (Wildman–Crippen MR) is 128 cm³/mol. The van der Waals surface area contributed by atoms with Crippen LogP contribution in [-0.4, -0.2) is 91.8 Å². The van der Waals surface area contributed by atoms with Gasteiger partial charge in [-0.2, -0.15) is 0 Å². The molecule has 2 saturated carbocycles. The van der Waals surface area contributed by atoms with E-state index in [-0.39, 0.29) is 41.5 Å². The van der Waals surface area contributed by atoms with Gasteiger partial charge in [0.25, 0.3) is 0 Å². The van der Waals surface area contributed by atoms with Gasteiger partial charge in [-0.15, -0.1) is 0 Å². The van der Waals surface area contributed by atoms with Crippen molar-refractivity contribution in [3.63, 3.8) is 0 Å². The van der Waals surface area contributed by atoms with Crippen molar-refractivity contribution in [2.24, 2.45) is 23.7 Å². The zero-order valence-corrected chi connectivity index (χ0v) is 21.3. The molecule has 4 heterocycles. The van der Waals surface area contributed by atoms with Gasteiger partial charge in [0, 0.05) is 33.3 Å². The number of likely N-dealkylation sites (tertiary alicyclic amines) is 2. The number of ether oxygens (including phenoxy) is 4. The number of carbonyl (C=O) groups is 1. The fourth-order valence-electron chi connectivity index (χ4n) is 7.22. The molecule has 0 bridgehead atoms. The number of hydrogen-bond acceptors (Lipinski definition) is 6. The minimum atomic E-state index is -0.299. The molecule has 8 atom stereocenters. The molecule has 1 amide bonds. The van der Waals surface area contributed by atoms with Crippen molar-refractivity contribution < 1.29 is 23.7 Å². The largest absolute Gasteiger partial charge is 0.443 e. The molecule has 6 fully saturated rings. The van der Waals surface area contributed by atoms with E-state index in [0.29, 0.717) is 5.92 Å². The van der Waals surface area contributed by atoms with Gasteiger partial charge in [-0.05, 0) is 77.2 Å². The van der Waals surface area contributed by atoms with E-state index in [1.54, 1.807) is 7.11 Å². The molecular weight excluding hydrogens is 432 g/mol. The van der Waals surface area contributed by atoms with Gasteiger partial charge in [-0.25, -0.2) is 4.79 Å². The van der Waals surface area contributed by atoms with E-state index in [9.17, 15) is 4.79 Å². The predicted octanol–water partition coefficient (Wildman–Crippen LogP) is 3.47. The van der Waals surface area contributed by atoms with Crippen LogP contribution in [0.2, 0.25) is 0 Å². The van der Waals surface area contributed by atoms with E-state index >= 15 is 0 Å². The Kier molecular flexibility index (Phi) is 5.79. The number of hydrogen-bond donors (Lipinski definition) is 0. The first-order valence-electron chi connectivity index (χ1n) is 13.5. The Balaban J connectivity index is 1.02. The number of piperidine rings is 1. The molecule has 0 aromatic rings. The monoisotopic (exact) mass is 474 g/mol. The topological polar surface area (TPSA) is 67.1 Å². The molecule has 7 heteroatoms. The highest BCUT2D eigenvalue weighted by atomic mass is 16.6. The first-order chi connectivity index (χ1) is 16.3. The fraction of sp³-hybridized carbons (Fsp3) is 0.889. The van der Waals surface area contributed by atoms with E-state index in [0.717, 1.165) is 50.8 Å². The average Bonchev–Trinajstić information content (AvgIpc) is 3.73. The number of epoxide rings is 2. The number of fused-ring (bicyclic) bond motifs is 1. The molecular formula is C27H42N2O5. The van der Waals surface area contributed by atoms with Crippen LogP contribution in [0.3, 0.4) is 0 Å². The molecule has 0 aromatic heterocycles. The summed E-state index contributed by atoms with van der Waals surface area (Å²) >= 11 is 0. The maximum absolute atomic E-state index is 13.0. The second-order valence-electron chi connectivity index (χ2n) is 12.4. The third kappa shape index (κ3) is 4.21. The normalized spacial score (nSPS) is 45.0. The lowest BCUT2D eigenvalue weighted by molar-refractivity contribution is -0.124. The van der Waals surface area contributed by atoms with Crippen LogP contribution in [0, 0.1) is 23.7 Å². The summed E-state index contributed by atoms with van der Waals surface area (Å²) in [6.45, 7) is 12.6. The molecule has 3 unspecified atom stereocenters. The van der Waals surface area contributed by atoms with Crippen LogP contribution in [0.25, 0.3) is 0 Å². The van der Waals surface area contributed by atoms with Crippen LogP contribution in [0.1, 0.15) is 52.9 Å². The third-order valence-electron chi connectivity index (χ3n) is 9.61. The van der Waals surface area contributed by atoms with Gasteiger partial charge in [0.1, 0.15) is 23.4 Å². The van der Waals surface area contributed by atoms with Gasteiger partial charge in [0.05, 0.1) is 18.6 Å². The van der Waals surface area contributed by atoms with Crippen molar-refractivity contribution in [2.45, 2.75) is 82.4 Å². The second-order valence-corrected chi connectivity index (χ2v) is 12.4. The van der Waals surface area contributed by atoms with Gasteiger partial charge in [0.15, 0.2) is 0 Å². The Labute approximate surface area is 204 Å². The summed E-state index contributed by atoms with van der Waals surface area (Å²) in [5, 5.41) is 0. The van der Waals surface area contributed by atoms with E-state index in [1.165, 1.54) is 38.0 Å². The summed E-state index contributed by atoms with van der Waals surface area (Å²) in [5.74, 6) is 2.67. The van der Waals surface area contributed by atoms with E-state index < -0.39 is 0 Å². The maximum atomic E-state index is 13.0. The van der Waals surface area contributed by atoms with Crippen molar-refractivity contribution in [1.82, 2.24) is 9.80 Å². The van der Waals surface area contributed by atoms with Crippen molar-refractivity contribution in [1.29, 1.82) is 0 Å². The van der Waals surface area contributed by atoms with Crippen molar-refractivity contribution in [3.05, 3.63) is 11.6 Å². The van der Waals surface area contributed by atoms with Crippen molar-refractivity contribution >= 4 is 6.09 Å². The smallest absolute Gasteiger partial charge is 0.410 e. The van der Waals surface area contributed by atoms with Crippen LogP contribution in [0.4, 0.5) is 4.79 Å². The molecule has 1 spiro atoms. The average molecular weight is 475 g/mol.